The van der Waals surface area contributed by atoms with Gasteiger partial charge in [-0.3, -0.25) is 9.80 Å². The van der Waals surface area contributed by atoms with Crippen molar-refractivity contribution in [2.24, 2.45) is 0 Å². The topological polar surface area (TPSA) is 6.48 Å². The highest BCUT2D eigenvalue weighted by Gasteiger charge is 2.28. The second-order valence-electron chi connectivity index (χ2n) is 4.60. The van der Waals surface area contributed by atoms with E-state index in [0.29, 0.717) is 0 Å². The Kier molecular flexibility index (Phi) is 4.54. The van der Waals surface area contributed by atoms with Crippen LogP contribution in [0.2, 0.25) is 0 Å². The van der Waals surface area contributed by atoms with Gasteiger partial charge in [0.1, 0.15) is 0 Å². The SMILES string of the molecule is SCC=CCN1CCC(N2CCCC2)C1. The summed E-state index contributed by atoms with van der Waals surface area (Å²) >= 11 is 4.17. The van der Waals surface area contributed by atoms with Crippen LogP contribution in [0.25, 0.3) is 0 Å². The Morgan fingerprint density at radius 3 is 2.67 bits per heavy atom. The Labute approximate surface area is 98.7 Å². The van der Waals surface area contributed by atoms with E-state index in [1.54, 1.807) is 0 Å². The third-order valence-electron chi connectivity index (χ3n) is 3.54. The largest absolute Gasteiger partial charge is 0.299 e. The molecule has 86 valence electrons. The van der Waals surface area contributed by atoms with Gasteiger partial charge in [0.05, 0.1) is 0 Å². The van der Waals surface area contributed by atoms with E-state index >= 15 is 0 Å². The van der Waals surface area contributed by atoms with Gasteiger partial charge in [-0.15, -0.1) is 0 Å². The molecular weight excluding hydrogens is 204 g/mol. The van der Waals surface area contributed by atoms with Gasteiger partial charge in [-0.2, -0.15) is 12.6 Å². The summed E-state index contributed by atoms with van der Waals surface area (Å²) in [6.07, 6.45) is 8.59. The molecule has 2 saturated heterocycles. The first-order valence-corrected chi connectivity index (χ1v) is 6.75. The van der Waals surface area contributed by atoms with Gasteiger partial charge in [-0.1, -0.05) is 12.2 Å². The zero-order valence-corrected chi connectivity index (χ0v) is 10.3. The van der Waals surface area contributed by atoms with Gasteiger partial charge in [-0.25, -0.2) is 0 Å². The highest BCUT2D eigenvalue weighted by molar-refractivity contribution is 7.80. The van der Waals surface area contributed by atoms with Crippen LogP contribution in [0.5, 0.6) is 0 Å². The molecule has 2 heterocycles. The van der Waals surface area contributed by atoms with Gasteiger partial charge in [0.25, 0.3) is 0 Å². The quantitative estimate of drug-likeness (QED) is 0.575. The van der Waals surface area contributed by atoms with Crippen LogP contribution < -0.4 is 0 Å². The second kappa shape index (κ2) is 5.92. The van der Waals surface area contributed by atoms with Crippen molar-refractivity contribution in [3.05, 3.63) is 12.2 Å². The third kappa shape index (κ3) is 3.23. The average molecular weight is 226 g/mol. The molecule has 2 aliphatic heterocycles. The fourth-order valence-electron chi connectivity index (χ4n) is 2.68. The zero-order chi connectivity index (χ0) is 10.5. The molecule has 0 N–H and O–H groups in total. The summed E-state index contributed by atoms with van der Waals surface area (Å²) in [6, 6.07) is 0.844. The fraction of sp³-hybridized carbons (Fsp3) is 0.833. The van der Waals surface area contributed by atoms with Crippen molar-refractivity contribution in [2.75, 3.05) is 38.5 Å². The Balaban J connectivity index is 1.71. The molecule has 2 aliphatic rings. The minimum Gasteiger partial charge on any atom is -0.299 e. The third-order valence-corrected chi connectivity index (χ3v) is 3.75. The van der Waals surface area contributed by atoms with Crippen molar-refractivity contribution < 1.29 is 0 Å². The van der Waals surface area contributed by atoms with Crippen molar-refractivity contribution in [3.8, 4) is 0 Å². The lowest BCUT2D eigenvalue weighted by atomic mass is 10.2. The van der Waals surface area contributed by atoms with Crippen LogP contribution in [0.3, 0.4) is 0 Å². The maximum absolute atomic E-state index is 4.17. The average Bonchev–Trinajstić information content (AvgIpc) is 2.87. The van der Waals surface area contributed by atoms with Crippen LogP contribution in [0, 0.1) is 0 Å². The smallest absolute Gasteiger partial charge is 0.0235 e. The van der Waals surface area contributed by atoms with Crippen LogP contribution in [0.4, 0.5) is 0 Å². The predicted octanol–water partition coefficient (Wildman–Crippen LogP) is 1.64. The van der Waals surface area contributed by atoms with Crippen molar-refractivity contribution in [1.82, 2.24) is 9.80 Å². The Morgan fingerprint density at radius 1 is 1.13 bits per heavy atom. The van der Waals surface area contributed by atoms with Crippen molar-refractivity contribution in [1.29, 1.82) is 0 Å². The fourth-order valence-corrected chi connectivity index (χ4v) is 2.83. The van der Waals surface area contributed by atoms with Gasteiger partial charge < -0.3 is 0 Å². The van der Waals surface area contributed by atoms with Gasteiger partial charge in [0.2, 0.25) is 0 Å². The van der Waals surface area contributed by atoms with Crippen LogP contribution in [0.15, 0.2) is 12.2 Å². The minimum absolute atomic E-state index is 0.844. The molecule has 2 fully saturated rings. The summed E-state index contributed by atoms with van der Waals surface area (Å²) < 4.78 is 0. The first kappa shape index (κ1) is 11.5. The minimum atomic E-state index is 0.844. The second-order valence-corrected chi connectivity index (χ2v) is 4.96. The summed E-state index contributed by atoms with van der Waals surface area (Å²) in [7, 11) is 0. The molecule has 2 rings (SSSR count). The molecule has 2 nitrogen and oxygen atoms in total. The molecule has 0 spiro atoms. The number of thiol groups is 1. The molecule has 1 atom stereocenters. The molecular formula is C12H22N2S. The van der Waals surface area contributed by atoms with E-state index in [-0.39, 0.29) is 0 Å². The molecule has 0 radical (unpaired) electrons. The lowest BCUT2D eigenvalue weighted by Crippen LogP contribution is -2.35. The molecule has 0 bridgehead atoms. The number of hydrogen-bond donors (Lipinski definition) is 1. The molecule has 0 saturated carbocycles. The highest BCUT2D eigenvalue weighted by Crippen LogP contribution is 2.19. The molecule has 0 amide bonds. The van der Waals surface area contributed by atoms with Crippen molar-refractivity contribution >= 4 is 12.6 Å². The van der Waals surface area contributed by atoms with E-state index in [0.717, 1.165) is 18.3 Å². The Morgan fingerprint density at radius 2 is 1.93 bits per heavy atom. The molecule has 0 aliphatic carbocycles. The van der Waals surface area contributed by atoms with Crippen LogP contribution in [-0.4, -0.2) is 54.3 Å². The van der Waals surface area contributed by atoms with E-state index in [4.69, 9.17) is 0 Å². The molecule has 0 aromatic carbocycles. The lowest BCUT2D eigenvalue weighted by Gasteiger charge is -2.23. The van der Waals surface area contributed by atoms with E-state index in [2.05, 4.69) is 34.6 Å². The monoisotopic (exact) mass is 226 g/mol. The zero-order valence-electron chi connectivity index (χ0n) is 9.44. The highest BCUT2D eigenvalue weighted by atomic mass is 32.1. The number of hydrogen-bond acceptors (Lipinski definition) is 3. The van der Waals surface area contributed by atoms with Crippen LogP contribution >= 0.6 is 12.6 Å². The maximum atomic E-state index is 4.17. The van der Waals surface area contributed by atoms with E-state index in [1.165, 1.54) is 45.4 Å². The van der Waals surface area contributed by atoms with Gasteiger partial charge in [0, 0.05) is 31.4 Å². The molecule has 3 heteroatoms. The van der Waals surface area contributed by atoms with Crippen molar-refractivity contribution in [2.45, 2.75) is 25.3 Å². The number of rotatable bonds is 4. The van der Waals surface area contributed by atoms with Gasteiger partial charge in [-0.05, 0) is 32.4 Å². The van der Waals surface area contributed by atoms with E-state index in [9.17, 15) is 0 Å². The standard InChI is InChI=1S/C12H22N2S/c15-10-4-3-6-13-9-5-12(11-13)14-7-1-2-8-14/h3-4,12,15H,1-2,5-11H2. The first-order chi connectivity index (χ1) is 7.40. The van der Waals surface area contributed by atoms with E-state index < -0.39 is 0 Å². The van der Waals surface area contributed by atoms with Crippen LogP contribution in [0.1, 0.15) is 19.3 Å². The predicted molar refractivity (Wildman–Crippen MR) is 68.6 cm³/mol. The lowest BCUT2D eigenvalue weighted by molar-refractivity contribution is 0.238. The summed E-state index contributed by atoms with van der Waals surface area (Å²) in [5.74, 6) is 0.864. The first-order valence-electron chi connectivity index (χ1n) is 6.12. The normalized spacial score (nSPS) is 29.5. The molecule has 0 aromatic rings. The number of nitrogens with zero attached hydrogens (tertiary/aromatic N) is 2. The summed E-state index contributed by atoms with van der Waals surface area (Å²) in [4.78, 5) is 5.24. The van der Waals surface area contributed by atoms with Gasteiger partial charge >= 0.3 is 0 Å². The Bertz CT molecular complexity index is 212. The Hall–Kier alpha value is 0.01000. The number of likely N-dealkylation sites (tertiary alicyclic amines) is 2. The van der Waals surface area contributed by atoms with Crippen LogP contribution in [-0.2, 0) is 0 Å². The summed E-state index contributed by atoms with van der Waals surface area (Å²) in [6.45, 7) is 6.34. The molecule has 1 unspecified atom stereocenters. The maximum Gasteiger partial charge on any atom is 0.0235 e. The van der Waals surface area contributed by atoms with E-state index in [1.807, 2.05) is 0 Å². The molecule has 15 heavy (non-hydrogen) atoms. The molecule has 0 aromatic heterocycles. The van der Waals surface area contributed by atoms with Gasteiger partial charge in [0.15, 0.2) is 0 Å². The van der Waals surface area contributed by atoms with Crippen molar-refractivity contribution in [3.63, 3.8) is 0 Å². The summed E-state index contributed by atoms with van der Waals surface area (Å²) in [5, 5.41) is 0. The summed E-state index contributed by atoms with van der Waals surface area (Å²) in [5.41, 5.74) is 0.